The van der Waals surface area contributed by atoms with E-state index < -0.39 is 5.97 Å². The van der Waals surface area contributed by atoms with Gasteiger partial charge in [-0.05, 0) is 49.7 Å². The number of amides is 1. The second-order valence-corrected chi connectivity index (χ2v) is 7.08. The fraction of sp³-hybridized carbons (Fsp3) is 0.579. The van der Waals surface area contributed by atoms with Crippen molar-refractivity contribution in [1.29, 1.82) is 0 Å². The molecule has 144 valence electrons. The number of ether oxygens (including phenoxy) is 2. The van der Waals surface area contributed by atoms with Gasteiger partial charge in [0.25, 0.3) is 0 Å². The van der Waals surface area contributed by atoms with Crippen LogP contribution in [0.15, 0.2) is 24.3 Å². The summed E-state index contributed by atoms with van der Waals surface area (Å²) < 4.78 is 9.91. The molecule has 26 heavy (non-hydrogen) atoms. The molecular formula is C19H27ClN2O4. The molecule has 6 nitrogen and oxygen atoms in total. The Hall–Kier alpha value is -1.79. The summed E-state index contributed by atoms with van der Waals surface area (Å²) >= 11 is 0. The van der Waals surface area contributed by atoms with E-state index in [1.165, 1.54) is 13.5 Å². The number of fused-ring (bicyclic) bond motifs is 2. The predicted octanol–water partition coefficient (Wildman–Crippen LogP) is 2.75. The molecule has 0 spiro atoms. The third-order valence-electron chi connectivity index (χ3n) is 5.47. The number of anilines is 1. The molecule has 0 heterocycles. The zero-order valence-corrected chi connectivity index (χ0v) is 15.8. The van der Waals surface area contributed by atoms with Crippen LogP contribution in [0.25, 0.3) is 0 Å². The predicted molar refractivity (Wildman–Crippen MR) is 101 cm³/mol. The summed E-state index contributed by atoms with van der Waals surface area (Å²) in [5, 5.41) is 2.98. The van der Waals surface area contributed by atoms with Crippen LogP contribution in [0.4, 0.5) is 5.69 Å². The maximum Gasteiger partial charge on any atom is 0.343 e. The molecule has 0 aliphatic heterocycles. The Morgan fingerprint density at radius 2 is 1.92 bits per heavy atom. The van der Waals surface area contributed by atoms with Crippen molar-refractivity contribution in [3.63, 3.8) is 0 Å². The van der Waals surface area contributed by atoms with E-state index in [9.17, 15) is 9.59 Å². The maximum atomic E-state index is 12.7. The fourth-order valence-electron chi connectivity index (χ4n) is 4.11. The van der Waals surface area contributed by atoms with Gasteiger partial charge in [0.2, 0.25) is 5.91 Å². The van der Waals surface area contributed by atoms with Gasteiger partial charge in [0, 0.05) is 23.7 Å². The van der Waals surface area contributed by atoms with E-state index >= 15 is 0 Å². The lowest BCUT2D eigenvalue weighted by molar-refractivity contribution is -0.142. The Balaban J connectivity index is 0.00000243. The standard InChI is InChI=1S/C19H26N2O4.ClH/c1-24-17(22)11-25-16-7-3-6-15(10-16)21-19(23)14-8-12-4-2-5-13(9-14)18(12)20;/h3,6-7,10,12-14,18H,2,4-5,8-9,11,20H2,1H3,(H,21,23);1H. The molecule has 0 saturated heterocycles. The van der Waals surface area contributed by atoms with E-state index in [0.717, 1.165) is 25.7 Å². The molecule has 2 unspecified atom stereocenters. The zero-order chi connectivity index (χ0) is 17.8. The lowest BCUT2D eigenvalue weighted by Crippen LogP contribution is -2.48. The Morgan fingerprint density at radius 3 is 2.58 bits per heavy atom. The summed E-state index contributed by atoms with van der Waals surface area (Å²) in [5.74, 6) is 1.09. The molecule has 7 heteroatoms. The van der Waals surface area contributed by atoms with Crippen LogP contribution in [0.5, 0.6) is 5.75 Å². The Kier molecular flexibility index (Phi) is 7.29. The number of carbonyl (C=O) groups is 2. The van der Waals surface area contributed by atoms with Crippen molar-refractivity contribution in [2.75, 3.05) is 19.0 Å². The fourth-order valence-corrected chi connectivity index (χ4v) is 4.11. The van der Waals surface area contributed by atoms with Crippen LogP contribution in [0.3, 0.4) is 0 Å². The average Bonchev–Trinajstić information content (AvgIpc) is 2.59. The van der Waals surface area contributed by atoms with Crippen LogP contribution >= 0.6 is 12.4 Å². The summed E-state index contributed by atoms with van der Waals surface area (Å²) in [6.45, 7) is -0.155. The van der Waals surface area contributed by atoms with E-state index in [2.05, 4.69) is 10.1 Å². The largest absolute Gasteiger partial charge is 0.482 e. The van der Waals surface area contributed by atoms with Gasteiger partial charge in [0.05, 0.1) is 7.11 Å². The molecular weight excluding hydrogens is 356 g/mol. The minimum Gasteiger partial charge on any atom is -0.482 e. The molecule has 2 saturated carbocycles. The minimum absolute atomic E-state index is 0. The molecule has 2 aliphatic carbocycles. The number of hydrogen-bond acceptors (Lipinski definition) is 5. The van der Waals surface area contributed by atoms with Gasteiger partial charge in [-0.1, -0.05) is 12.5 Å². The first-order valence-electron chi connectivity index (χ1n) is 8.93. The molecule has 3 N–H and O–H groups in total. The Morgan fingerprint density at radius 1 is 1.23 bits per heavy atom. The van der Waals surface area contributed by atoms with Crippen LogP contribution in [0, 0.1) is 17.8 Å². The average molecular weight is 383 g/mol. The minimum atomic E-state index is -0.445. The number of hydrogen-bond donors (Lipinski definition) is 2. The molecule has 2 bridgehead atoms. The van der Waals surface area contributed by atoms with E-state index in [4.69, 9.17) is 10.5 Å². The van der Waals surface area contributed by atoms with Crippen LogP contribution in [-0.4, -0.2) is 31.6 Å². The quantitative estimate of drug-likeness (QED) is 0.764. The van der Waals surface area contributed by atoms with Gasteiger partial charge < -0.3 is 20.5 Å². The lowest BCUT2D eigenvalue weighted by atomic mass is 9.65. The van der Waals surface area contributed by atoms with Crippen molar-refractivity contribution in [2.45, 2.75) is 38.1 Å². The number of carbonyl (C=O) groups excluding carboxylic acids is 2. The highest BCUT2D eigenvalue weighted by Crippen LogP contribution is 2.42. The molecule has 0 aromatic heterocycles. The smallest absolute Gasteiger partial charge is 0.343 e. The number of halogens is 1. The summed E-state index contributed by atoms with van der Waals surface area (Å²) in [6, 6.07) is 7.32. The van der Waals surface area contributed by atoms with Gasteiger partial charge in [-0.3, -0.25) is 4.79 Å². The summed E-state index contributed by atoms with van der Waals surface area (Å²) in [6.07, 6.45) is 5.26. The van der Waals surface area contributed by atoms with Crippen molar-refractivity contribution >= 4 is 30.0 Å². The lowest BCUT2D eigenvalue weighted by Gasteiger charge is -2.43. The number of methoxy groups -OCH3 is 1. The zero-order valence-electron chi connectivity index (χ0n) is 15.0. The van der Waals surface area contributed by atoms with Gasteiger partial charge in [0.15, 0.2) is 6.61 Å². The highest BCUT2D eigenvalue weighted by Gasteiger charge is 2.40. The third kappa shape index (κ3) is 4.89. The van der Waals surface area contributed by atoms with Crippen molar-refractivity contribution < 1.29 is 19.1 Å². The van der Waals surface area contributed by atoms with Crippen LogP contribution in [0.2, 0.25) is 0 Å². The molecule has 1 amide bonds. The molecule has 1 aromatic carbocycles. The van der Waals surface area contributed by atoms with Gasteiger partial charge in [-0.25, -0.2) is 4.79 Å². The van der Waals surface area contributed by atoms with E-state index in [1.807, 2.05) is 6.07 Å². The maximum absolute atomic E-state index is 12.7. The van der Waals surface area contributed by atoms with Crippen molar-refractivity contribution in [3.8, 4) is 5.75 Å². The number of nitrogens with one attached hydrogen (secondary N) is 1. The first kappa shape index (κ1) is 20.5. The third-order valence-corrected chi connectivity index (χ3v) is 5.47. The molecule has 1 aromatic rings. The summed E-state index contributed by atoms with van der Waals surface area (Å²) in [7, 11) is 1.31. The van der Waals surface area contributed by atoms with Crippen LogP contribution < -0.4 is 15.8 Å². The Labute approximate surface area is 160 Å². The normalized spacial score (nSPS) is 27.0. The number of benzene rings is 1. The highest BCUT2D eigenvalue weighted by molar-refractivity contribution is 5.92. The monoisotopic (exact) mass is 382 g/mol. The number of nitrogens with two attached hydrogens (primary N) is 1. The summed E-state index contributed by atoms with van der Waals surface area (Å²) in [5.41, 5.74) is 6.98. The molecule has 0 radical (unpaired) electrons. The highest BCUT2D eigenvalue weighted by atomic mass is 35.5. The van der Waals surface area contributed by atoms with Gasteiger partial charge >= 0.3 is 5.97 Å². The van der Waals surface area contributed by atoms with Crippen molar-refractivity contribution in [2.24, 2.45) is 23.5 Å². The van der Waals surface area contributed by atoms with Gasteiger partial charge in [0.1, 0.15) is 5.75 Å². The van der Waals surface area contributed by atoms with E-state index in [-0.39, 0.29) is 36.9 Å². The molecule has 3 rings (SSSR count). The van der Waals surface area contributed by atoms with Crippen LogP contribution in [-0.2, 0) is 14.3 Å². The van der Waals surface area contributed by atoms with E-state index in [1.54, 1.807) is 18.2 Å². The number of esters is 1. The Bertz CT molecular complexity index is 626. The van der Waals surface area contributed by atoms with Gasteiger partial charge in [-0.15, -0.1) is 12.4 Å². The molecule has 2 atom stereocenters. The molecule has 2 fully saturated rings. The second kappa shape index (κ2) is 9.24. The van der Waals surface area contributed by atoms with Gasteiger partial charge in [-0.2, -0.15) is 0 Å². The van der Waals surface area contributed by atoms with Crippen molar-refractivity contribution in [3.05, 3.63) is 24.3 Å². The summed E-state index contributed by atoms with van der Waals surface area (Å²) in [4.78, 5) is 23.8. The topological polar surface area (TPSA) is 90.6 Å². The first-order chi connectivity index (χ1) is 12.1. The SMILES string of the molecule is COC(=O)COc1cccc(NC(=O)C2CC3CCCC(C2)C3N)c1.Cl. The van der Waals surface area contributed by atoms with E-state index in [0.29, 0.717) is 23.3 Å². The second-order valence-electron chi connectivity index (χ2n) is 7.08. The van der Waals surface area contributed by atoms with Crippen molar-refractivity contribution in [1.82, 2.24) is 0 Å². The first-order valence-corrected chi connectivity index (χ1v) is 8.93. The number of rotatable bonds is 5. The van der Waals surface area contributed by atoms with Crippen LogP contribution in [0.1, 0.15) is 32.1 Å². The molecule has 2 aliphatic rings.